The molecule has 1 amide bonds. The highest BCUT2D eigenvalue weighted by Crippen LogP contribution is 2.21. The van der Waals surface area contributed by atoms with Crippen LogP contribution in [0.4, 0.5) is 9.18 Å². The van der Waals surface area contributed by atoms with Crippen LogP contribution in [0.5, 0.6) is 0 Å². The molecular formula is C13H14FNO3. The van der Waals surface area contributed by atoms with Gasteiger partial charge in [0.15, 0.2) is 5.78 Å². The van der Waals surface area contributed by atoms with Gasteiger partial charge in [-0.2, -0.15) is 0 Å². The first-order chi connectivity index (χ1) is 8.58. The number of carboxylic acid groups (broad SMARTS) is 1. The van der Waals surface area contributed by atoms with Crippen LogP contribution in [0, 0.1) is 11.7 Å². The number of Topliss-reactive ketones (excluding diaryl/α,β-unsaturated/α-hetero) is 1. The molecule has 0 bridgehead atoms. The lowest BCUT2D eigenvalue weighted by atomic mass is 9.89. The summed E-state index contributed by atoms with van der Waals surface area (Å²) in [5.41, 5.74) is 0.491. The summed E-state index contributed by atoms with van der Waals surface area (Å²) in [6.45, 7) is 0.764. The van der Waals surface area contributed by atoms with Gasteiger partial charge < -0.3 is 10.0 Å². The van der Waals surface area contributed by atoms with E-state index in [1.807, 2.05) is 0 Å². The molecular weight excluding hydrogens is 237 g/mol. The van der Waals surface area contributed by atoms with Crippen LogP contribution in [0.25, 0.3) is 0 Å². The van der Waals surface area contributed by atoms with E-state index in [0.717, 1.165) is 0 Å². The Morgan fingerprint density at radius 3 is 2.22 bits per heavy atom. The molecule has 18 heavy (non-hydrogen) atoms. The van der Waals surface area contributed by atoms with Crippen LogP contribution < -0.4 is 0 Å². The second-order valence-corrected chi connectivity index (χ2v) is 4.42. The number of halogens is 1. The summed E-state index contributed by atoms with van der Waals surface area (Å²) in [7, 11) is 0. The molecule has 0 radical (unpaired) electrons. The molecule has 0 saturated carbocycles. The minimum atomic E-state index is -0.942. The lowest BCUT2D eigenvalue weighted by Crippen LogP contribution is -2.39. The van der Waals surface area contributed by atoms with Crippen molar-refractivity contribution in [3.63, 3.8) is 0 Å². The Balaban J connectivity index is 1.99. The molecule has 0 spiro atoms. The maximum atomic E-state index is 12.7. The Morgan fingerprint density at radius 1 is 1.17 bits per heavy atom. The van der Waals surface area contributed by atoms with E-state index in [0.29, 0.717) is 31.5 Å². The van der Waals surface area contributed by atoms with E-state index in [1.54, 1.807) is 0 Å². The van der Waals surface area contributed by atoms with E-state index < -0.39 is 6.09 Å². The van der Waals surface area contributed by atoms with Gasteiger partial charge in [-0.15, -0.1) is 0 Å². The molecule has 1 aliphatic heterocycles. The van der Waals surface area contributed by atoms with Crippen molar-refractivity contribution in [1.82, 2.24) is 4.90 Å². The number of likely N-dealkylation sites (tertiary alicyclic amines) is 1. The first-order valence-corrected chi connectivity index (χ1v) is 5.85. The third kappa shape index (κ3) is 2.67. The molecule has 1 aliphatic rings. The molecule has 1 aromatic carbocycles. The average Bonchev–Trinajstić information content (AvgIpc) is 2.39. The number of carbonyl (C=O) groups excluding carboxylic acids is 1. The van der Waals surface area contributed by atoms with Crippen molar-refractivity contribution < 1.29 is 19.1 Å². The largest absolute Gasteiger partial charge is 0.465 e. The second kappa shape index (κ2) is 5.16. The summed E-state index contributed by atoms with van der Waals surface area (Å²) in [6.07, 6.45) is 0.119. The molecule has 5 heteroatoms. The molecule has 0 aliphatic carbocycles. The number of ketones is 1. The van der Waals surface area contributed by atoms with E-state index in [9.17, 15) is 14.0 Å². The number of hydrogen-bond donors (Lipinski definition) is 1. The molecule has 2 rings (SSSR count). The average molecular weight is 251 g/mol. The molecule has 1 N–H and O–H groups in total. The van der Waals surface area contributed by atoms with Gasteiger partial charge in [0, 0.05) is 24.6 Å². The summed E-state index contributed by atoms with van der Waals surface area (Å²) < 4.78 is 12.7. The van der Waals surface area contributed by atoms with E-state index in [2.05, 4.69) is 0 Å². The van der Waals surface area contributed by atoms with E-state index in [1.165, 1.54) is 29.2 Å². The van der Waals surface area contributed by atoms with Crippen molar-refractivity contribution >= 4 is 11.9 Å². The van der Waals surface area contributed by atoms with Crippen LogP contribution in [-0.4, -0.2) is 35.0 Å². The van der Waals surface area contributed by atoms with Crippen LogP contribution in [0.3, 0.4) is 0 Å². The number of hydrogen-bond acceptors (Lipinski definition) is 2. The Morgan fingerprint density at radius 2 is 1.72 bits per heavy atom. The van der Waals surface area contributed by atoms with Gasteiger partial charge in [-0.05, 0) is 37.1 Å². The summed E-state index contributed by atoms with van der Waals surface area (Å²) >= 11 is 0. The SMILES string of the molecule is O=C(c1ccc(F)cc1)C1CCN(C(=O)O)CC1. The van der Waals surface area contributed by atoms with Gasteiger partial charge in [-0.3, -0.25) is 4.79 Å². The zero-order valence-electron chi connectivity index (χ0n) is 9.80. The topological polar surface area (TPSA) is 57.6 Å². The maximum Gasteiger partial charge on any atom is 0.407 e. The van der Waals surface area contributed by atoms with Crippen LogP contribution in [0.1, 0.15) is 23.2 Å². The summed E-state index contributed by atoms with van der Waals surface area (Å²) in [5, 5.41) is 8.81. The quantitative estimate of drug-likeness (QED) is 0.821. The fourth-order valence-electron chi connectivity index (χ4n) is 2.18. The molecule has 0 unspecified atom stereocenters. The first kappa shape index (κ1) is 12.5. The Bertz CT molecular complexity index is 450. The van der Waals surface area contributed by atoms with E-state index in [4.69, 9.17) is 5.11 Å². The third-order valence-corrected chi connectivity index (χ3v) is 3.27. The van der Waals surface area contributed by atoms with E-state index in [-0.39, 0.29) is 17.5 Å². The van der Waals surface area contributed by atoms with Gasteiger partial charge in [0.2, 0.25) is 0 Å². The van der Waals surface area contributed by atoms with Gasteiger partial charge in [0.1, 0.15) is 5.82 Å². The Kier molecular flexibility index (Phi) is 3.60. The van der Waals surface area contributed by atoms with Crippen molar-refractivity contribution in [3.05, 3.63) is 35.6 Å². The number of nitrogens with zero attached hydrogens (tertiary/aromatic N) is 1. The molecule has 0 atom stereocenters. The molecule has 1 heterocycles. The standard InChI is InChI=1S/C13H14FNO3/c14-11-3-1-9(2-4-11)12(16)10-5-7-15(8-6-10)13(17)18/h1-4,10H,5-8H2,(H,17,18). The van der Waals surface area contributed by atoms with Crippen LogP contribution in [0.15, 0.2) is 24.3 Å². The third-order valence-electron chi connectivity index (χ3n) is 3.27. The van der Waals surface area contributed by atoms with Gasteiger partial charge >= 0.3 is 6.09 Å². The number of benzene rings is 1. The molecule has 4 nitrogen and oxygen atoms in total. The summed E-state index contributed by atoms with van der Waals surface area (Å²) in [5.74, 6) is -0.557. The lowest BCUT2D eigenvalue weighted by molar-refractivity contribution is 0.0821. The van der Waals surface area contributed by atoms with Crippen molar-refractivity contribution in [2.24, 2.45) is 5.92 Å². The Labute approximate surface area is 104 Å². The van der Waals surface area contributed by atoms with Gasteiger partial charge in [-0.1, -0.05) is 0 Å². The van der Waals surface area contributed by atoms with Gasteiger partial charge in [0.25, 0.3) is 0 Å². The highest BCUT2D eigenvalue weighted by molar-refractivity contribution is 5.97. The normalized spacial score (nSPS) is 16.6. The minimum Gasteiger partial charge on any atom is -0.465 e. The fraction of sp³-hybridized carbons (Fsp3) is 0.385. The highest BCUT2D eigenvalue weighted by Gasteiger charge is 2.27. The van der Waals surface area contributed by atoms with Crippen LogP contribution in [-0.2, 0) is 0 Å². The smallest absolute Gasteiger partial charge is 0.407 e. The number of amides is 1. The second-order valence-electron chi connectivity index (χ2n) is 4.42. The van der Waals surface area contributed by atoms with Gasteiger partial charge in [-0.25, -0.2) is 9.18 Å². The molecule has 1 fully saturated rings. The minimum absolute atomic E-state index is 0.0277. The van der Waals surface area contributed by atoms with Crippen molar-refractivity contribution in [3.8, 4) is 0 Å². The van der Waals surface area contributed by atoms with Gasteiger partial charge in [0.05, 0.1) is 0 Å². The monoisotopic (exact) mass is 251 g/mol. The number of carbonyl (C=O) groups is 2. The highest BCUT2D eigenvalue weighted by atomic mass is 19.1. The zero-order valence-corrected chi connectivity index (χ0v) is 9.80. The van der Waals surface area contributed by atoms with Crippen LogP contribution in [0.2, 0.25) is 0 Å². The fourth-order valence-corrected chi connectivity index (χ4v) is 2.18. The van der Waals surface area contributed by atoms with Crippen molar-refractivity contribution in [2.45, 2.75) is 12.8 Å². The molecule has 1 aromatic rings. The molecule has 96 valence electrons. The van der Waals surface area contributed by atoms with E-state index >= 15 is 0 Å². The maximum absolute atomic E-state index is 12.7. The van der Waals surface area contributed by atoms with Crippen molar-refractivity contribution in [1.29, 1.82) is 0 Å². The zero-order chi connectivity index (χ0) is 13.1. The predicted octanol–water partition coefficient (Wildman–Crippen LogP) is 2.40. The number of rotatable bonds is 2. The number of piperidine rings is 1. The molecule has 0 aromatic heterocycles. The molecule has 1 saturated heterocycles. The summed E-state index contributed by atoms with van der Waals surface area (Å²) in [6, 6.07) is 5.47. The summed E-state index contributed by atoms with van der Waals surface area (Å²) in [4.78, 5) is 24.2. The lowest BCUT2D eigenvalue weighted by Gasteiger charge is -2.29. The predicted molar refractivity (Wildman–Crippen MR) is 63.1 cm³/mol. The first-order valence-electron chi connectivity index (χ1n) is 5.85. The van der Waals surface area contributed by atoms with Crippen molar-refractivity contribution in [2.75, 3.05) is 13.1 Å². The Hall–Kier alpha value is -1.91. The van der Waals surface area contributed by atoms with Crippen LogP contribution >= 0.6 is 0 Å².